The SMILES string of the molecule is COc1cc(Nc2nc(C)cc(NCCN(C)C)n2)c(OC)cc1Cl. The molecule has 1 heterocycles. The molecule has 0 bridgehead atoms. The third-order valence-corrected chi connectivity index (χ3v) is 3.74. The van der Waals surface area contributed by atoms with Crippen LogP contribution in [0.5, 0.6) is 11.5 Å². The standard InChI is InChI=1S/C17H24ClN5O2/c1-11-8-16(19-6-7-23(2)3)22-17(20-11)21-13-10-14(24-4)12(18)9-15(13)25-5/h8-10H,6-7H2,1-5H3,(H2,19,20,21,22). The summed E-state index contributed by atoms with van der Waals surface area (Å²) in [6.45, 7) is 3.62. The number of rotatable bonds is 8. The van der Waals surface area contributed by atoms with E-state index >= 15 is 0 Å². The van der Waals surface area contributed by atoms with E-state index in [0.29, 0.717) is 28.2 Å². The molecule has 0 unspecified atom stereocenters. The molecule has 0 fully saturated rings. The van der Waals surface area contributed by atoms with E-state index in [9.17, 15) is 0 Å². The van der Waals surface area contributed by atoms with Gasteiger partial charge in [0, 0.05) is 37.0 Å². The number of halogens is 1. The van der Waals surface area contributed by atoms with Crippen LogP contribution in [0.15, 0.2) is 18.2 Å². The number of hydrogen-bond acceptors (Lipinski definition) is 7. The van der Waals surface area contributed by atoms with Crippen LogP contribution in [0, 0.1) is 6.92 Å². The summed E-state index contributed by atoms with van der Waals surface area (Å²) in [6, 6.07) is 5.35. The van der Waals surface area contributed by atoms with Crippen molar-refractivity contribution in [3.63, 3.8) is 0 Å². The molecule has 0 saturated carbocycles. The maximum absolute atomic E-state index is 6.14. The Morgan fingerprint density at radius 2 is 1.80 bits per heavy atom. The fraction of sp³-hybridized carbons (Fsp3) is 0.412. The summed E-state index contributed by atoms with van der Waals surface area (Å²) in [4.78, 5) is 11.0. The summed E-state index contributed by atoms with van der Waals surface area (Å²) < 4.78 is 10.6. The first kappa shape index (κ1) is 19.1. The predicted octanol–water partition coefficient (Wildman–Crippen LogP) is 3.17. The van der Waals surface area contributed by atoms with Crippen LogP contribution >= 0.6 is 11.6 Å². The molecule has 2 rings (SSSR count). The lowest BCUT2D eigenvalue weighted by molar-refractivity contribution is 0.405. The summed E-state index contributed by atoms with van der Waals surface area (Å²) in [7, 11) is 7.20. The van der Waals surface area contributed by atoms with Gasteiger partial charge in [-0.05, 0) is 21.0 Å². The number of anilines is 3. The number of nitrogens with zero attached hydrogens (tertiary/aromatic N) is 3. The van der Waals surface area contributed by atoms with Gasteiger partial charge in [-0.3, -0.25) is 0 Å². The molecule has 0 aliphatic heterocycles. The van der Waals surface area contributed by atoms with Crippen molar-refractivity contribution < 1.29 is 9.47 Å². The Morgan fingerprint density at radius 1 is 1.08 bits per heavy atom. The van der Waals surface area contributed by atoms with Crippen molar-refractivity contribution in [3.05, 3.63) is 28.9 Å². The fourth-order valence-electron chi connectivity index (χ4n) is 2.20. The number of benzene rings is 1. The van der Waals surface area contributed by atoms with Gasteiger partial charge >= 0.3 is 0 Å². The zero-order valence-corrected chi connectivity index (χ0v) is 15.9. The van der Waals surface area contributed by atoms with E-state index in [2.05, 4.69) is 25.5 Å². The largest absolute Gasteiger partial charge is 0.495 e. The monoisotopic (exact) mass is 365 g/mol. The van der Waals surface area contributed by atoms with E-state index in [4.69, 9.17) is 21.1 Å². The van der Waals surface area contributed by atoms with Crippen molar-refractivity contribution in [2.45, 2.75) is 6.92 Å². The van der Waals surface area contributed by atoms with Gasteiger partial charge in [0.2, 0.25) is 5.95 Å². The molecule has 0 aliphatic carbocycles. The van der Waals surface area contributed by atoms with Crippen molar-refractivity contribution in [3.8, 4) is 11.5 Å². The van der Waals surface area contributed by atoms with E-state index < -0.39 is 0 Å². The summed E-state index contributed by atoms with van der Waals surface area (Å²) in [6.07, 6.45) is 0. The van der Waals surface area contributed by atoms with Crippen molar-refractivity contribution in [2.75, 3.05) is 52.0 Å². The van der Waals surface area contributed by atoms with Gasteiger partial charge in [-0.2, -0.15) is 4.98 Å². The Labute approximate surface area is 153 Å². The summed E-state index contributed by atoms with van der Waals surface area (Å²) in [5, 5.41) is 6.94. The lowest BCUT2D eigenvalue weighted by atomic mass is 10.2. The predicted molar refractivity (Wildman–Crippen MR) is 102 cm³/mol. The Bertz CT molecular complexity index is 724. The van der Waals surface area contributed by atoms with Crippen LogP contribution in [-0.4, -0.2) is 56.3 Å². The minimum atomic E-state index is 0.468. The molecule has 136 valence electrons. The molecule has 0 aliphatic rings. The van der Waals surface area contributed by atoms with Gasteiger partial charge in [0.15, 0.2) is 0 Å². The Kier molecular flexibility index (Phi) is 6.66. The molecular weight excluding hydrogens is 342 g/mol. The average molecular weight is 366 g/mol. The molecule has 0 radical (unpaired) electrons. The van der Waals surface area contributed by atoms with Gasteiger partial charge < -0.3 is 25.0 Å². The first-order valence-corrected chi connectivity index (χ1v) is 8.23. The van der Waals surface area contributed by atoms with Crippen LogP contribution in [0.1, 0.15) is 5.69 Å². The van der Waals surface area contributed by atoms with Crippen molar-refractivity contribution in [1.29, 1.82) is 0 Å². The smallest absolute Gasteiger partial charge is 0.229 e. The number of aromatic nitrogens is 2. The van der Waals surface area contributed by atoms with Crippen LogP contribution in [0.25, 0.3) is 0 Å². The van der Waals surface area contributed by atoms with Gasteiger partial charge in [-0.25, -0.2) is 4.98 Å². The lowest BCUT2D eigenvalue weighted by Crippen LogP contribution is -2.21. The highest BCUT2D eigenvalue weighted by Gasteiger charge is 2.12. The average Bonchev–Trinajstić information content (AvgIpc) is 2.55. The minimum Gasteiger partial charge on any atom is -0.495 e. The molecule has 8 heteroatoms. The van der Waals surface area contributed by atoms with E-state index in [1.54, 1.807) is 26.4 Å². The number of ether oxygens (including phenoxy) is 2. The lowest BCUT2D eigenvalue weighted by Gasteiger charge is -2.15. The van der Waals surface area contributed by atoms with Gasteiger partial charge in [0.25, 0.3) is 0 Å². The molecular formula is C17H24ClN5O2. The molecule has 2 N–H and O–H groups in total. The highest BCUT2D eigenvalue weighted by Crippen LogP contribution is 2.36. The number of hydrogen-bond donors (Lipinski definition) is 2. The molecule has 0 amide bonds. The second-order valence-electron chi connectivity index (χ2n) is 5.76. The van der Waals surface area contributed by atoms with Crippen LogP contribution < -0.4 is 20.1 Å². The van der Waals surface area contributed by atoms with E-state index in [-0.39, 0.29) is 0 Å². The zero-order chi connectivity index (χ0) is 18.4. The van der Waals surface area contributed by atoms with E-state index in [0.717, 1.165) is 24.6 Å². The number of methoxy groups -OCH3 is 2. The van der Waals surface area contributed by atoms with Gasteiger partial charge in [-0.1, -0.05) is 11.6 Å². The maximum atomic E-state index is 6.14. The summed E-state index contributed by atoms with van der Waals surface area (Å²) in [5.41, 5.74) is 1.53. The Balaban J connectivity index is 2.23. The summed E-state index contributed by atoms with van der Waals surface area (Å²) >= 11 is 6.14. The quantitative estimate of drug-likeness (QED) is 0.744. The number of aryl methyl sites for hydroxylation is 1. The minimum absolute atomic E-state index is 0.468. The van der Waals surface area contributed by atoms with Crippen molar-refractivity contribution >= 4 is 29.1 Å². The number of likely N-dealkylation sites (N-methyl/N-ethyl adjacent to an activating group) is 1. The summed E-state index contributed by atoms with van der Waals surface area (Å²) in [5.74, 6) is 2.35. The van der Waals surface area contributed by atoms with Gasteiger partial charge in [0.05, 0.1) is 24.9 Å². The van der Waals surface area contributed by atoms with E-state index in [1.165, 1.54) is 0 Å². The second-order valence-corrected chi connectivity index (χ2v) is 6.17. The molecule has 1 aromatic heterocycles. The van der Waals surface area contributed by atoms with Crippen molar-refractivity contribution in [1.82, 2.24) is 14.9 Å². The fourth-order valence-corrected chi connectivity index (χ4v) is 2.43. The first-order chi connectivity index (χ1) is 11.9. The molecule has 7 nitrogen and oxygen atoms in total. The second kappa shape index (κ2) is 8.73. The molecule has 0 spiro atoms. The number of nitrogens with one attached hydrogen (secondary N) is 2. The first-order valence-electron chi connectivity index (χ1n) is 7.85. The van der Waals surface area contributed by atoms with Crippen LogP contribution in [0.3, 0.4) is 0 Å². The van der Waals surface area contributed by atoms with Crippen LogP contribution in [0.4, 0.5) is 17.5 Å². The van der Waals surface area contributed by atoms with Gasteiger partial charge in [-0.15, -0.1) is 0 Å². The molecule has 0 saturated heterocycles. The third-order valence-electron chi connectivity index (χ3n) is 3.44. The molecule has 1 aromatic carbocycles. The highest BCUT2D eigenvalue weighted by molar-refractivity contribution is 6.32. The topological polar surface area (TPSA) is 71.5 Å². The normalized spacial score (nSPS) is 10.7. The van der Waals surface area contributed by atoms with Gasteiger partial charge in [0.1, 0.15) is 17.3 Å². The van der Waals surface area contributed by atoms with Crippen LogP contribution in [-0.2, 0) is 0 Å². The third kappa shape index (κ3) is 5.37. The molecule has 25 heavy (non-hydrogen) atoms. The molecule has 0 atom stereocenters. The maximum Gasteiger partial charge on any atom is 0.229 e. The Morgan fingerprint density at radius 3 is 2.44 bits per heavy atom. The van der Waals surface area contributed by atoms with Crippen LogP contribution in [0.2, 0.25) is 5.02 Å². The van der Waals surface area contributed by atoms with Crippen molar-refractivity contribution in [2.24, 2.45) is 0 Å². The zero-order valence-electron chi connectivity index (χ0n) is 15.2. The highest BCUT2D eigenvalue weighted by atomic mass is 35.5. The van der Waals surface area contributed by atoms with E-state index in [1.807, 2.05) is 27.1 Å². The Hall–Kier alpha value is -2.25. The molecule has 2 aromatic rings.